The van der Waals surface area contributed by atoms with E-state index < -0.39 is 31.2 Å². The van der Waals surface area contributed by atoms with Gasteiger partial charge in [-0.3, -0.25) is 4.55 Å². The second kappa shape index (κ2) is 3.13. The Morgan fingerprint density at radius 1 is 1.55 bits per heavy atom. The van der Waals surface area contributed by atoms with Crippen molar-refractivity contribution in [1.82, 2.24) is 3.71 Å². The average molecular weight is 203 g/mol. The Balaban J connectivity index is 4.94. The topological polar surface area (TPSA) is 144 Å². The molecule has 11 heavy (non-hydrogen) atoms. The molecule has 0 fully saturated rings. The highest BCUT2D eigenvalue weighted by molar-refractivity contribution is 7.98. The first-order chi connectivity index (χ1) is 4.76. The summed E-state index contributed by atoms with van der Waals surface area (Å²) in [5, 5.41) is 4.33. The van der Waals surface area contributed by atoms with Gasteiger partial charge < -0.3 is 5.73 Å². The second-order valence-corrected chi connectivity index (χ2v) is 3.79. The van der Waals surface area contributed by atoms with Crippen LogP contribution in [0.15, 0.2) is 0 Å². The smallest absolute Gasteiger partial charge is 0.343 e. The van der Waals surface area contributed by atoms with Crippen LogP contribution >= 0.6 is 0 Å². The maximum Gasteiger partial charge on any atom is 0.343 e. The summed E-state index contributed by atoms with van der Waals surface area (Å²) in [5.41, 5.74) is 4.40. The van der Waals surface area contributed by atoms with Crippen LogP contribution < -0.4 is 10.9 Å². The van der Waals surface area contributed by atoms with Crippen molar-refractivity contribution in [3.05, 3.63) is 0 Å². The molecule has 0 aromatic rings. The Hall–Kier alpha value is -0.710. The van der Waals surface area contributed by atoms with Crippen LogP contribution in [0.2, 0.25) is 0 Å². The highest BCUT2D eigenvalue weighted by Gasteiger charge is 2.26. The van der Waals surface area contributed by atoms with Crippen molar-refractivity contribution in [3.63, 3.8) is 0 Å². The quantitative estimate of drug-likeness (QED) is 0.432. The van der Waals surface area contributed by atoms with Gasteiger partial charge in [0.05, 0.1) is 0 Å². The Morgan fingerprint density at radius 2 is 1.91 bits per heavy atom. The lowest BCUT2D eigenvalue weighted by molar-refractivity contribution is 0.243. The van der Waals surface area contributed by atoms with Gasteiger partial charge in [-0.15, -0.1) is 0 Å². The maximum absolute atomic E-state index is 10.3. The number of nitrogens with zero attached hydrogens (tertiary/aromatic N) is 1. The molecule has 0 bridgehead atoms. The molecule has 0 spiro atoms. The van der Waals surface area contributed by atoms with Gasteiger partial charge in [-0.25, -0.2) is 14.1 Å². The molecule has 5 N–H and O–H groups in total. The van der Waals surface area contributed by atoms with E-state index in [0.717, 1.165) is 0 Å². The summed E-state index contributed by atoms with van der Waals surface area (Å²) in [6.45, 7) is 0. The van der Waals surface area contributed by atoms with E-state index in [2.05, 4.69) is 10.9 Å². The van der Waals surface area contributed by atoms with Crippen LogP contribution in [-0.2, 0) is 21.5 Å². The number of carbonyl (C=O) groups is 1. The van der Waals surface area contributed by atoms with Gasteiger partial charge in [-0.1, -0.05) is 3.71 Å². The van der Waals surface area contributed by atoms with E-state index in [1.807, 2.05) is 0 Å². The monoisotopic (exact) mass is 203 g/mol. The molecule has 0 radical (unpaired) electrons. The Bertz CT molecular complexity index is 266. The van der Waals surface area contributed by atoms with Crippen LogP contribution in [0.5, 0.6) is 0 Å². The summed E-state index contributed by atoms with van der Waals surface area (Å²) >= 11 is -3.06. The van der Waals surface area contributed by atoms with Gasteiger partial charge in [-0.2, -0.15) is 8.42 Å². The second-order valence-electron chi connectivity index (χ2n) is 1.34. The van der Waals surface area contributed by atoms with Gasteiger partial charge in [0, 0.05) is 0 Å². The minimum absolute atomic E-state index is 0.562. The van der Waals surface area contributed by atoms with Crippen molar-refractivity contribution in [3.8, 4) is 0 Å². The van der Waals surface area contributed by atoms with E-state index >= 15 is 0 Å². The third-order valence-corrected chi connectivity index (χ3v) is 2.66. The molecule has 0 rings (SSSR count). The molecule has 0 saturated heterocycles. The molecule has 8 nitrogen and oxygen atoms in total. The molecule has 10 heteroatoms. The van der Waals surface area contributed by atoms with E-state index in [9.17, 15) is 17.4 Å². The fraction of sp³-hybridized carbons (Fsp3) is 0. The summed E-state index contributed by atoms with van der Waals surface area (Å²) in [6, 6.07) is -1.62. The first-order valence-corrected chi connectivity index (χ1v) is 4.57. The van der Waals surface area contributed by atoms with Crippen LogP contribution in [0.25, 0.3) is 0 Å². The zero-order chi connectivity index (χ0) is 9.23. The maximum atomic E-state index is 10.3. The van der Waals surface area contributed by atoms with Crippen molar-refractivity contribution >= 4 is 27.5 Å². The highest BCUT2D eigenvalue weighted by Crippen LogP contribution is 1.96. The minimum atomic E-state index is -4.55. The Kier molecular flexibility index (Phi) is 2.92. The number of hydrogen-bond acceptors (Lipinski definition) is 4. The van der Waals surface area contributed by atoms with E-state index in [4.69, 9.17) is 4.55 Å². The van der Waals surface area contributed by atoms with Gasteiger partial charge in [0.2, 0.25) is 0 Å². The lowest BCUT2D eigenvalue weighted by Crippen LogP contribution is -2.45. The largest absolute Gasteiger partial charge is 0.350 e. The van der Waals surface area contributed by atoms with E-state index in [-0.39, 0.29) is 0 Å². The van der Waals surface area contributed by atoms with Crippen LogP contribution in [0, 0.1) is 0 Å². The van der Waals surface area contributed by atoms with Gasteiger partial charge in [0.1, 0.15) is 0 Å². The molecule has 0 aliphatic carbocycles. The summed E-state index contributed by atoms with van der Waals surface area (Å²) in [6.07, 6.45) is 0. The predicted molar refractivity (Wildman–Crippen MR) is 35.3 cm³/mol. The summed E-state index contributed by atoms with van der Waals surface area (Å²) in [7, 11) is -4.55. The average Bonchev–Trinajstić information content (AvgIpc) is 1.54. The van der Waals surface area contributed by atoms with Gasteiger partial charge >= 0.3 is 16.2 Å². The van der Waals surface area contributed by atoms with E-state index in [1.54, 1.807) is 0 Å². The lowest BCUT2D eigenvalue weighted by Gasteiger charge is -2.10. The first-order valence-electron chi connectivity index (χ1n) is 2.00. The number of primary amides is 1. The standard InChI is InChI=1S/CH5N3O5S2/c2-1(5)4(10(6)7)11(3,8)9/h(H2,2,5)(H,6,7)(H2,3,8,9). The van der Waals surface area contributed by atoms with Gasteiger partial charge in [-0.05, 0) is 0 Å². The van der Waals surface area contributed by atoms with Gasteiger partial charge in [0.25, 0.3) is 11.3 Å². The molecule has 0 aliphatic rings. The minimum Gasteiger partial charge on any atom is -0.350 e. The fourth-order valence-electron chi connectivity index (χ4n) is 0.291. The van der Waals surface area contributed by atoms with Crippen molar-refractivity contribution < 1.29 is 22.0 Å². The van der Waals surface area contributed by atoms with Crippen molar-refractivity contribution in [2.45, 2.75) is 0 Å². The Morgan fingerprint density at radius 3 is 1.91 bits per heavy atom. The third kappa shape index (κ3) is 2.80. The number of urea groups is 1. The number of nitrogens with two attached hydrogens (primary N) is 2. The molecule has 66 valence electrons. The van der Waals surface area contributed by atoms with Crippen molar-refractivity contribution in [1.29, 1.82) is 0 Å². The molecule has 1 unspecified atom stereocenters. The Labute approximate surface area is 64.7 Å². The molecule has 2 amide bonds. The van der Waals surface area contributed by atoms with Crippen molar-refractivity contribution in [2.75, 3.05) is 0 Å². The summed E-state index contributed by atoms with van der Waals surface area (Å²) in [4.78, 5) is 10.1. The van der Waals surface area contributed by atoms with Crippen LogP contribution in [0.3, 0.4) is 0 Å². The van der Waals surface area contributed by atoms with Crippen molar-refractivity contribution in [2.24, 2.45) is 10.9 Å². The summed E-state index contributed by atoms with van der Waals surface area (Å²) in [5.74, 6) is 0. The molecular weight excluding hydrogens is 198 g/mol. The molecule has 0 aromatic carbocycles. The van der Waals surface area contributed by atoms with E-state index in [0.29, 0.717) is 0 Å². The molecule has 0 heterocycles. The number of amides is 2. The number of hydrogen-bond donors (Lipinski definition) is 3. The molecule has 1 atom stereocenters. The first kappa shape index (κ1) is 10.3. The van der Waals surface area contributed by atoms with Gasteiger partial charge in [0.15, 0.2) is 0 Å². The van der Waals surface area contributed by atoms with Crippen LogP contribution in [0.1, 0.15) is 0 Å². The highest BCUT2D eigenvalue weighted by atomic mass is 32.3. The number of carbonyl (C=O) groups excluding carboxylic acids is 1. The zero-order valence-corrected chi connectivity index (χ0v) is 6.63. The van der Waals surface area contributed by atoms with Crippen LogP contribution in [-0.4, -0.2) is 26.9 Å². The summed E-state index contributed by atoms with van der Waals surface area (Å²) < 4.78 is 38.2. The molecular formula is CH5N3O5S2. The normalized spacial score (nSPS) is 14.0. The predicted octanol–water partition coefficient (Wildman–Crippen LogP) is -2.29. The fourth-order valence-corrected chi connectivity index (χ4v) is 1.41. The number of rotatable bonds is 2. The third-order valence-electron chi connectivity index (χ3n) is 0.553. The lowest BCUT2D eigenvalue weighted by atomic mass is 11.2. The molecule has 0 aromatic heterocycles. The van der Waals surface area contributed by atoms with E-state index in [1.165, 1.54) is 0 Å². The van der Waals surface area contributed by atoms with Crippen LogP contribution in [0.4, 0.5) is 4.79 Å². The molecule has 0 saturated carbocycles. The molecule has 0 aliphatic heterocycles. The zero-order valence-electron chi connectivity index (χ0n) is 5.00. The SMILES string of the molecule is NC(=O)N(S(=O)O)S(N)(=O)=O.